The van der Waals surface area contributed by atoms with Crippen LogP contribution in [0.4, 0.5) is 19.0 Å². The maximum Gasteiger partial charge on any atom is 0.405 e. The summed E-state index contributed by atoms with van der Waals surface area (Å²) in [5.74, 6) is -0.788. The highest BCUT2D eigenvalue weighted by atomic mass is 19.4. The first-order valence-electron chi connectivity index (χ1n) is 8.02. The van der Waals surface area contributed by atoms with Crippen LogP contribution in [0.2, 0.25) is 0 Å². The number of nitrogens with one attached hydrogen (secondary N) is 1. The normalized spacial score (nSPS) is 15.8. The molecule has 1 fully saturated rings. The minimum atomic E-state index is -4.40. The predicted octanol–water partition coefficient (Wildman–Crippen LogP) is 2.15. The third kappa shape index (κ3) is 5.61. The van der Waals surface area contributed by atoms with E-state index in [9.17, 15) is 22.8 Å². The molecule has 0 aliphatic carbocycles. The lowest BCUT2D eigenvalue weighted by atomic mass is 9.96. The molecule has 1 amide bonds. The summed E-state index contributed by atoms with van der Waals surface area (Å²) < 4.78 is 41.3. The number of piperidine rings is 1. The zero-order chi connectivity index (χ0) is 18.4. The fourth-order valence-corrected chi connectivity index (χ4v) is 2.61. The first-order chi connectivity index (χ1) is 11.8. The van der Waals surface area contributed by atoms with Crippen LogP contribution in [-0.4, -0.2) is 49.3 Å². The number of halogens is 3. The number of pyridine rings is 1. The fourth-order valence-electron chi connectivity index (χ4n) is 2.61. The van der Waals surface area contributed by atoms with Crippen LogP contribution in [0, 0.1) is 5.92 Å². The van der Waals surface area contributed by atoms with Gasteiger partial charge in [0.05, 0.1) is 12.2 Å². The second-order valence-electron chi connectivity index (χ2n) is 5.72. The topological polar surface area (TPSA) is 71.5 Å². The van der Waals surface area contributed by atoms with E-state index < -0.39 is 30.5 Å². The summed E-state index contributed by atoms with van der Waals surface area (Å²) in [7, 11) is 0. The number of rotatable bonds is 5. The number of amides is 1. The van der Waals surface area contributed by atoms with Gasteiger partial charge in [-0.05, 0) is 31.9 Å². The molecule has 0 spiro atoms. The summed E-state index contributed by atoms with van der Waals surface area (Å²) in [4.78, 5) is 29.5. The van der Waals surface area contributed by atoms with E-state index in [1.165, 1.54) is 6.20 Å². The molecular weight excluding hydrogens is 339 g/mol. The smallest absolute Gasteiger partial charge is 0.405 e. The zero-order valence-electron chi connectivity index (χ0n) is 13.8. The van der Waals surface area contributed by atoms with E-state index in [0.717, 1.165) is 0 Å². The molecule has 9 heteroatoms. The summed E-state index contributed by atoms with van der Waals surface area (Å²) in [6.07, 6.45) is -2.08. The average molecular weight is 359 g/mol. The highest BCUT2D eigenvalue weighted by Crippen LogP contribution is 2.22. The van der Waals surface area contributed by atoms with E-state index >= 15 is 0 Å². The maximum atomic E-state index is 12.1. The van der Waals surface area contributed by atoms with Crippen molar-refractivity contribution in [3.05, 3.63) is 23.9 Å². The Bertz CT molecular complexity index is 597. The minimum Gasteiger partial charge on any atom is -0.462 e. The SMILES string of the molecule is CCOC(=O)c1ccc(N2CCC(C(=O)NCC(F)(F)F)CC2)nc1. The zero-order valence-corrected chi connectivity index (χ0v) is 13.8. The second kappa shape index (κ2) is 8.17. The van der Waals surface area contributed by atoms with Crippen molar-refractivity contribution < 1.29 is 27.5 Å². The van der Waals surface area contributed by atoms with Crippen molar-refractivity contribution >= 4 is 17.7 Å². The standard InChI is InChI=1S/C16H20F3N3O3/c1-2-25-15(24)12-3-4-13(20-9-12)22-7-5-11(6-8-22)14(23)21-10-16(17,18)19/h3-4,9,11H,2,5-8,10H2,1H3,(H,21,23). The van der Waals surface area contributed by atoms with Crippen molar-refractivity contribution in [1.29, 1.82) is 0 Å². The molecule has 0 radical (unpaired) electrons. The number of hydrogen-bond donors (Lipinski definition) is 1. The van der Waals surface area contributed by atoms with Gasteiger partial charge in [-0.25, -0.2) is 9.78 Å². The first kappa shape index (κ1) is 19.0. The molecule has 1 aromatic heterocycles. The van der Waals surface area contributed by atoms with Gasteiger partial charge in [0.1, 0.15) is 12.4 Å². The molecular formula is C16H20F3N3O3. The molecule has 0 saturated carbocycles. The van der Waals surface area contributed by atoms with Crippen LogP contribution in [0.3, 0.4) is 0 Å². The van der Waals surface area contributed by atoms with Crippen LogP contribution >= 0.6 is 0 Å². The lowest BCUT2D eigenvalue weighted by molar-refractivity contribution is -0.141. The lowest BCUT2D eigenvalue weighted by Gasteiger charge is -2.32. The van der Waals surface area contributed by atoms with Crippen molar-refractivity contribution in [2.45, 2.75) is 25.9 Å². The van der Waals surface area contributed by atoms with Crippen LogP contribution < -0.4 is 10.2 Å². The van der Waals surface area contributed by atoms with Gasteiger partial charge in [0.15, 0.2) is 0 Å². The van der Waals surface area contributed by atoms with Gasteiger partial charge in [-0.15, -0.1) is 0 Å². The molecule has 1 aliphatic rings. The van der Waals surface area contributed by atoms with Gasteiger partial charge in [0.2, 0.25) is 5.91 Å². The number of nitrogens with zero attached hydrogens (tertiary/aromatic N) is 2. The van der Waals surface area contributed by atoms with E-state index in [2.05, 4.69) is 4.98 Å². The van der Waals surface area contributed by atoms with Crippen molar-refractivity contribution in [2.75, 3.05) is 31.1 Å². The average Bonchev–Trinajstić information content (AvgIpc) is 2.59. The molecule has 1 N–H and O–H groups in total. The molecule has 1 aromatic rings. The molecule has 6 nitrogen and oxygen atoms in total. The Hall–Kier alpha value is -2.32. The monoisotopic (exact) mass is 359 g/mol. The van der Waals surface area contributed by atoms with Gasteiger partial charge >= 0.3 is 12.1 Å². The Morgan fingerprint density at radius 3 is 2.52 bits per heavy atom. The summed E-state index contributed by atoms with van der Waals surface area (Å²) in [6, 6.07) is 3.30. The Kier molecular flexibility index (Phi) is 6.22. The number of aromatic nitrogens is 1. The third-order valence-corrected chi connectivity index (χ3v) is 3.91. The number of hydrogen-bond acceptors (Lipinski definition) is 5. The molecule has 0 aromatic carbocycles. The summed E-state index contributed by atoms with van der Waals surface area (Å²) in [6.45, 7) is 1.72. The molecule has 25 heavy (non-hydrogen) atoms. The van der Waals surface area contributed by atoms with Crippen LogP contribution in [0.1, 0.15) is 30.1 Å². The number of carbonyl (C=O) groups is 2. The van der Waals surface area contributed by atoms with Gasteiger partial charge in [-0.2, -0.15) is 13.2 Å². The molecule has 2 heterocycles. The Morgan fingerprint density at radius 2 is 2.00 bits per heavy atom. The van der Waals surface area contributed by atoms with Crippen molar-refractivity contribution in [3.63, 3.8) is 0 Å². The highest BCUT2D eigenvalue weighted by molar-refractivity contribution is 5.89. The van der Waals surface area contributed by atoms with E-state index in [1.54, 1.807) is 19.1 Å². The molecule has 138 valence electrons. The van der Waals surface area contributed by atoms with Gasteiger partial charge in [-0.1, -0.05) is 0 Å². The third-order valence-electron chi connectivity index (χ3n) is 3.91. The summed E-state index contributed by atoms with van der Waals surface area (Å²) in [5.41, 5.74) is 0.354. The molecule has 2 rings (SSSR count). The van der Waals surface area contributed by atoms with Gasteiger partial charge < -0.3 is 15.0 Å². The number of ether oxygens (including phenoxy) is 1. The minimum absolute atomic E-state index is 0.282. The molecule has 1 saturated heterocycles. The van der Waals surface area contributed by atoms with Crippen molar-refractivity contribution in [3.8, 4) is 0 Å². The van der Waals surface area contributed by atoms with Crippen molar-refractivity contribution in [2.24, 2.45) is 5.92 Å². The number of carbonyl (C=O) groups excluding carboxylic acids is 2. The largest absolute Gasteiger partial charge is 0.462 e. The van der Waals surface area contributed by atoms with E-state index in [0.29, 0.717) is 37.3 Å². The molecule has 0 bridgehead atoms. The van der Waals surface area contributed by atoms with E-state index in [1.807, 2.05) is 10.2 Å². The lowest BCUT2D eigenvalue weighted by Crippen LogP contribution is -2.43. The van der Waals surface area contributed by atoms with Gasteiger partial charge in [0, 0.05) is 25.2 Å². The van der Waals surface area contributed by atoms with Crippen LogP contribution in [0.15, 0.2) is 18.3 Å². The first-order valence-corrected chi connectivity index (χ1v) is 8.02. The predicted molar refractivity (Wildman–Crippen MR) is 84.2 cm³/mol. The maximum absolute atomic E-state index is 12.1. The Labute approximate surface area is 143 Å². The summed E-state index contributed by atoms with van der Waals surface area (Å²) >= 11 is 0. The van der Waals surface area contributed by atoms with Crippen LogP contribution in [0.5, 0.6) is 0 Å². The number of alkyl halides is 3. The van der Waals surface area contributed by atoms with E-state index in [-0.39, 0.29) is 6.61 Å². The molecule has 0 atom stereocenters. The van der Waals surface area contributed by atoms with E-state index in [4.69, 9.17) is 4.74 Å². The fraction of sp³-hybridized carbons (Fsp3) is 0.562. The second-order valence-corrected chi connectivity index (χ2v) is 5.72. The van der Waals surface area contributed by atoms with Crippen LogP contribution in [0.25, 0.3) is 0 Å². The van der Waals surface area contributed by atoms with Gasteiger partial charge in [0.25, 0.3) is 0 Å². The quantitative estimate of drug-likeness (QED) is 0.816. The highest BCUT2D eigenvalue weighted by Gasteiger charge is 2.31. The molecule has 1 aliphatic heterocycles. The molecule has 0 unspecified atom stereocenters. The van der Waals surface area contributed by atoms with Crippen molar-refractivity contribution in [1.82, 2.24) is 10.3 Å². The van der Waals surface area contributed by atoms with Crippen LogP contribution in [-0.2, 0) is 9.53 Å². The number of esters is 1. The Balaban J connectivity index is 1.85. The van der Waals surface area contributed by atoms with Gasteiger partial charge in [-0.3, -0.25) is 4.79 Å². The Morgan fingerprint density at radius 1 is 1.32 bits per heavy atom. The number of anilines is 1. The summed E-state index contributed by atoms with van der Waals surface area (Å²) in [5, 5.41) is 1.93.